The zero-order chi connectivity index (χ0) is 16.8. The van der Waals surface area contributed by atoms with Gasteiger partial charge < -0.3 is 14.4 Å². The Hall–Kier alpha value is -2.04. The van der Waals surface area contributed by atoms with Gasteiger partial charge >= 0.3 is 5.97 Å². The summed E-state index contributed by atoms with van der Waals surface area (Å²) in [5.74, 6) is 0.547. The van der Waals surface area contributed by atoms with Crippen LogP contribution >= 0.6 is 0 Å². The number of benzene rings is 1. The van der Waals surface area contributed by atoms with Crippen LogP contribution in [0.15, 0.2) is 24.3 Å². The first kappa shape index (κ1) is 17.3. The predicted octanol–water partition coefficient (Wildman–Crippen LogP) is 2.29. The maximum Gasteiger partial charge on any atom is 0.310 e. The van der Waals surface area contributed by atoms with Crippen LogP contribution in [0.2, 0.25) is 0 Å². The molecule has 2 rings (SSSR count). The van der Waals surface area contributed by atoms with Crippen LogP contribution < -0.4 is 4.74 Å². The van der Waals surface area contributed by atoms with E-state index in [4.69, 9.17) is 9.47 Å². The number of esters is 1. The minimum atomic E-state index is -0.307. The number of ether oxygens (including phenoxy) is 2. The maximum atomic E-state index is 12.4. The van der Waals surface area contributed by atoms with Crippen LogP contribution in [0.5, 0.6) is 5.75 Å². The Labute approximate surface area is 137 Å². The number of hydrogen-bond acceptors (Lipinski definition) is 4. The van der Waals surface area contributed by atoms with E-state index in [1.807, 2.05) is 29.2 Å². The van der Waals surface area contributed by atoms with Crippen molar-refractivity contribution >= 4 is 11.9 Å². The fraction of sp³-hybridized carbons (Fsp3) is 0.556. The SMILES string of the molecule is COC(=O)C(C)CN(CCc1ccc(OC)cc1)C(=O)C1CC1. The minimum absolute atomic E-state index is 0.149. The quantitative estimate of drug-likeness (QED) is 0.690. The summed E-state index contributed by atoms with van der Waals surface area (Å²) in [6, 6.07) is 7.84. The molecule has 1 saturated carbocycles. The third-order valence-electron chi connectivity index (χ3n) is 4.17. The van der Waals surface area contributed by atoms with Crippen molar-refractivity contribution < 1.29 is 19.1 Å². The summed E-state index contributed by atoms with van der Waals surface area (Å²) in [5, 5.41) is 0. The van der Waals surface area contributed by atoms with Crippen molar-refractivity contribution in [2.75, 3.05) is 27.3 Å². The summed E-state index contributed by atoms with van der Waals surface area (Å²) >= 11 is 0. The van der Waals surface area contributed by atoms with Gasteiger partial charge in [0.2, 0.25) is 5.91 Å². The van der Waals surface area contributed by atoms with Crippen molar-refractivity contribution in [1.29, 1.82) is 0 Å². The number of rotatable bonds is 8. The van der Waals surface area contributed by atoms with Gasteiger partial charge in [0.1, 0.15) is 5.75 Å². The number of amides is 1. The molecule has 0 radical (unpaired) electrons. The monoisotopic (exact) mass is 319 g/mol. The molecule has 1 aromatic rings. The fourth-order valence-electron chi connectivity index (χ4n) is 2.54. The van der Waals surface area contributed by atoms with Crippen molar-refractivity contribution in [3.8, 4) is 5.75 Å². The lowest BCUT2D eigenvalue weighted by Crippen LogP contribution is -2.39. The van der Waals surface area contributed by atoms with Gasteiger partial charge in [-0.05, 0) is 37.0 Å². The van der Waals surface area contributed by atoms with Gasteiger partial charge in [-0.2, -0.15) is 0 Å². The first-order valence-corrected chi connectivity index (χ1v) is 8.04. The molecule has 5 heteroatoms. The van der Waals surface area contributed by atoms with Gasteiger partial charge in [0.05, 0.1) is 20.1 Å². The summed E-state index contributed by atoms with van der Waals surface area (Å²) in [6.45, 7) is 2.83. The molecule has 0 aliphatic heterocycles. The molecule has 0 spiro atoms. The smallest absolute Gasteiger partial charge is 0.310 e. The van der Waals surface area contributed by atoms with Crippen LogP contribution in [0.25, 0.3) is 0 Å². The van der Waals surface area contributed by atoms with Crippen molar-refractivity contribution in [1.82, 2.24) is 4.90 Å². The molecule has 0 bridgehead atoms. The van der Waals surface area contributed by atoms with E-state index in [-0.39, 0.29) is 23.7 Å². The van der Waals surface area contributed by atoms with Crippen LogP contribution in [0, 0.1) is 11.8 Å². The molecular weight excluding hydrogens is 294 g/mol. The Morgan fingerprint density at radius 3 is 2.39 bits per heavy atom. The highest BCUT2D eigenvalue weighted by Gasteiger charge is 2.34. The van der Waals surface area contributed by atoms with E-state index in [0.29, 0.717) is 13.1 Å². The third kappa shape index (κ3) is 4.98. The van der Waals surface area contributed by atoms with E-state index in [2.05, 4.69) is 0 Å². The van der Waals surface area contributed by atoms with Crippen LogP contribution in [0.4, 0.5) is 0 Å². The van der Waals surface area contributed by atoms with Gasteiger partial charge in [-0.15, -0.1) is 0 Å². The Morgan fingerprint density at radius 2 is 1.87 bits per heavy atom. The van der Waals surface area contributed by atoms with Gasteiger partial charge in [0.15, 0.2) is 0 Å². The Balaban J connectivity index is 1.95. The first-order valence-electron chi connectivity index (χ1n) is 8.04. The number of hydrogen-bond donors (Lipinski definition) is 0. The van der Waals surface area contributed by atoms with E-state index in [9.17, 15) is 9.59 Å². The summed E-state index contributed by atoms with van der Waals surface area (Å²) in [4.78, 5) is 25.9. The molecule has 23 heavy (non-hydrogen) atoms. The molecule has 1 aromatic carbocycles. The van der Waals surface area contributed by atoms with Gasteiger partial charge in [0, 0.05) is 19.0 Å². The molecule has 5 nitrogen and oxygen atoms in total. The lowest BCUT2D eigenvalue weighted by molar-refractivity contribution is -0.146. The molecule has 0 heterocycles. The highest BCUT2D eigenvalue weighted by atomic mass is 16.5. The summed E-state index contributed by atoms with van der Waals surface area (Å²) < 4.78 is 9.91. The molecule has 1 amide bonds. The van der Waals surface area contributed by atoms with Crippen LogP contribution in [0.3, 0.4) is 0 Å². The molecule has 1 unspecified atom stereocenters. The largest absolute Gasteiger partial charge is 0.497 e. The zero-order valence-corrected chi connectivity index (χ0v) is 14.1. The fourth-order valence-corrected chi connectivity index (χ4v) is 2.54. The summed E-state index contributed by atoms with van der Waals surface area (Å²) in [6.07, 6.45) is 2.69. The van der Waals surface area contributed by atoms with Gasteiger partial charge in [-0.1, -0.05) is 19.1 Å². The topological polar surface area (TPSA) is 55.8 Å². The van der Waals surface area contributed by atoms with E-state index in [1.54, 1.807) is 14.0 Å². The molecule has 0 aromatic heterocycles. The molecule has 1 aliphatic rings. The van der Waals surface area contributed by atoms with Gasteiger partial charge in [0.25, 0.3) is 0 Å². The molecular formula is C18H25NO4. The second-order valence-corrected chi connectivity index (χ2v) is 6.08. The molecule has 1 fully saturated rings. The van der Waals surface area contributed by atoms with Gasteiger partial charge in [-0.25, -0.2) is 0 Å². The summed E-state index contributed by atoms with van der Waals surface area (Å²) in [7, 11) is 3.02. The van der Waals surface area contributed by atoms with Crippen molar-refractivity contribution in [2.24, 2.45) is 11.8 Å². The van der Waals surface area contributed by atoms with E-state index < -0.39 is 0 Å². The van der Waals surface area contributed by atoms with E-state index >= 15 is 0 Å². The van der Waals surface area contributed by atoms with Crippen LogP contribution in [-0.4, -0.2) is 44.1 Å². The number of nitrogens with zero attached hydrogens (tertiary/aromatic N) is 1. The molecule has 1 aliphatic carbocycles. The molecule has 0 saturated heterocycles. The second-order valence-electron chi connectivity index (χ2n) is 6.08. The maximum absolute atomic E-state index is 12.4. The van der Waals surface area contributed by atoms with Crippen LogP contribution in [-0.2, 0) is 20.7 Å². The Kier molecular flexibility index (Phi) is 6.02. The highest BCUT2D eigenvalue weighted by molar-refractivity contribution is 5.82. The average Bonchev–Trinajstić information content (AvgIpc) is 3.42. The average molecular weight is 319 g/mol. The number of carbonyl (C=O) groups excluding carboxylic acids is 2. The minimum Gasteiger partial charge on any atom is -0.497 e. The normalized spacial score (nSPS) is 14.9. The van der Waals surface area contributed by atoms with E-state index in [1.165, 1.54) is 7.11 Å². The Morgan fingerprint density at radius 1 is 1.22 bits per heavy atom. The standard InChI is InChI=1S/C18H25NO4/c1-13(18(21)23-3)12-19(17(20)15-6-7-15)11-10-14-4-8-16(22-2)9-5-14/h4-5,8-9,13,15H,6-7,10-12H2,1-3H3. The molecule has 1 atom stereocenters. The molecule has 0 N–H and O–H groups in total. The lowest BCUT2D eigenvalue weighted by atomic mass is 10.1. The third-order valence-corrected chi connectivity index (χ3v) is 4.17. The highest BCUT2D eigenvalue weighted by Crippen LogP contribution is 2.31. The van der Waals surface area contributed by atoms with Crippen LogP contribution in [0.1, 0.15) is 25.3 Å². The predicted molar refractivity (Wildman–Crippen MR) is 87.2 cm³/mol. The lowest BCUT2D eigenvalue weighted by Gasteiger charge is -2.25. The second kappa shape index (κ2) is 7.99. The summed E-state index contributed by atoms with van der Waals surface area (Å²) in [5.41, 5.74) is 1.14. The number of methoxy groups -OCH3 is 2. The van der Waals surface area contributed by atoms with Crippen molar-refractivity contribution in [3.63, 3.8) is 0 Å². The molecule has 126 valence electrons. The van der Waals surface area contributed by atoms with E-state index in [0.717, 1.165) is 30.6 Å². The Bertz CT molecular complexity index is 536. The first-order chi connectivity index (χ1) is 11.0. The zero-order valence-electron chi connectivity index (χ0n) is 14.1. The van der Waals surface area contributed by atoms with Crippen molar-refractivity contribution in [3.05, 3.63) is 29.8 Å². The van der Waals surface area contributed by atoms with Crippen molar-refractivity contribution in [2.45, 2.75) is 26.2 Å². The number of carbonyl (C=O) groups is 2. The van der Waals surface area contributed by atoms with Gasteiger partial charge in [-0.3, -0.25) is 9.59 Å².